The van der Waals surface area contributed by atoms with Crippen LogP contribution in [0.5, 0.6) is 0 Å². The van der Waals surface area contributed by atoms with Crippen LogP contribution in [0.25, 0.3) is 0 Å². The lowest BCUT2D eigenvalue weighted by Crippen LogP contribution is -2.32. The number of nitrogen functional groups attached to an aromatic ring is 2. The van der Waals surface area contributed by atoms with Gasteiger partial charge in [0, 0.05) is 18.0 Å². The van der Waals surface area contributed by atoms with Crippen molar-refractivity contribution in [3.63, 3.8) is 0 Å². The predicted octanol–water partition coefficient (Wildman–Crippen LogP) is 1.62. The van der Waals surface area contributed by atoms with E-state index in [1.54, 1.807) is 12.5 Å². The van der Waals surface area contributed by atoms with E-state index < -0.39 is 0 Å². The second-order valence-electron chi connectivity index (χ2n) is 5.49. The van der Waals surface area contributed by atoms with Crippen molar-refractivity contribution in [2.24, 2.45) is 0 Å². The van der Waals surface area contributed by atoms with Crippen LogP contribution in [0, 0.1) is 10.8 Å². The first kappa shape index (κ1) is 17.8. The molecule has 0 saturated heterocycles. The molecule has 22 heavy (non-hydrogen) atoms. The zero-order valence-electron chi connectivity index (χ0n) is 13.1. The fraction of sp³-hybridized carbons (Fsp3) is 0.385. The minimum Gasteiger partial charge on any atom is -0.385 e. The highest BCUT2D eigenvalue weighted by Crippen LogP contribution is 2.22. The standard InChI is InChI=1S/C13H22N8S/c1-13(2,3)18-6-7(5-14)19-12-20-9(15)8(10(16)21-12)11(17)22-4/h5-6,14,17-18H,1-4H3,(H5,15,16,19,20,21)/b7-6+,14-5?,17-11?. The van der Waals surface area contributed by atoms with Crippen LogP contribution in [0.4, 0.5) is 17.6 Å². The summed E-state index contributed by atoms with van der Waals surface area (Å²) in [5, 5.41) is 21.4. The van der Waals surface area contributed by atoms with E-state index in [0.29, 0.717) is 11.3 Å². The number of nitrogens with one attached hydrogen (secondary N) is 4. The molecule has 0 aliphatic rings. The molecule has 8 N–H and O–H groups in total. The zero-order chi connectivity index (χ0) is 16.9. The molecule has 0 saturated carbocycles. The Morgan fingerprint density at radius 3 is 2.18 bits per heavy atom. The van der Waals surface area contributed by atoms with E-state index in [0.717, 1.165) is 6.21 Å². The molecule has 0 unspecified atom stereocenters. The maximum absolute atomic E-state index is 7.79. The molecule has 0 bridgehead atoms. The lowest BCUT2D eigenvalue weighted by Gasteiger charge is -2.19. The molecule has 0 spiro atoms. The van der Waals surface area contributed by atoms with E-state index in [-0.39, 0.29) is 28.2 Å². The normalized spacial score (nSPS) is 11.9. The van der Waals surface area contributed by atoms with E-state index >= 15 is 0 Å². The molecular weight excluding hydrogens is 300 g/mol. The number of rotatable bonds is 5. The third-order valence-corrected chi connectivity index (χ3v) is 3.08. The van der Waals surface area contributed by atoms with Gasteiger partial charge in [-0.05, 0) is 27.0 Å². The van der Waals surface area contributed by atoms with Crippen LogP contribution in [-0.4, -0.2) is 33.0 Å². The highest BCUT2D eigenvalue weighted by Gasteiger charge is 2.14. The van der Waals surface area contributed by atoms with Gasteiger partial charge in [0.25, 0.3) is 0 Å². The molecular formula is C13H22N8S. The summed E-state index contributed by atoms with van der Waals surface area (Å²) in [5.74, 6) is 0.433. The SMILES string of the molecule is CSC(=N)c1c(N)nc(N/C(C=N)=C/NC(C)(C)C)nc1N. The Kier molecular flexibility index (Phi) is 5.75. The molecule has 8 nitrogen and oxygen atoms in total. The lowest BCUT2D eigenvalue weighted by molar-refractivity contribution is 0.490. The van der Waals surface area contributed by atoms with Crippen molar-refractivity contribution >= 4 is 40.6 Å². The summed E-state index contributed by atoms with van der Waals surface area (Å²) in [7, 11) is 0. The second kappa shape index (κ2) is 7.12. The van der Waals surface area contributed by atoms with Gasteiger partial charge in [-0.25, -0.2) is 0 Å². The van der Waals surface area contributed by atoms with Crippen LogP contribution < -0.4 is 22.1 Å². The van der Waals surface area contributed by atoms with E-state index in [1.165, 1.54) is 11.8 Å². The van der Waals surface area contributed by atoms with Crippen LogP contribution in [0.2, 0.25) is 0 Å². The maximum Gasteiger partial charge on any atom is 0.231 e. The van der Waals surface area contributed by atoms with Crippen molar-refractivity contribution in [3.05, 3.63) is 17.5 Å². The molecule has 0 amide bonds. The average molecular weight is 322 g/mol. The number of aromatic nitrogens is 2. The molecule has 0 aromatic carbocycles. The lowest BCUT2D eigenvalue weighted by atomic mass is 10.1. The van der Waals surface area contributed by atoms with Crippen molar-refractivity contribution in [2.75, 3.05) is 23.0 Å². The fourth-order valence-electron chi connectivity index (χ4n) is 1.42. The third kappa shape index (κ3) is 4.92. The first-order chi connectivity index (χ1) is 10.2. The van der Waals surface area contributed by atoms with Crippen LogP contribution in [0.3, 0.4) is 0 Å². The highest BCUT2D eigenvalue weighted by molar-refractivity contribution is 8.13. The smallest absolute Gasteiger partial charge is 0.231 e. The van der Waals surface area contributed by atoms with Crippen molar-refractivity contribution in [3.8, 4) is 0 Å². The van der Waals surface area contributed by atoms with E-state index in [4.69, 9.17) is 22.3 Å². The minimum atomic E-state index is -0.133. The molecule has 1 rings (SSSR count). The molecule has 0 fully saturated rings. The van der Waals surface area contributed by atoms with Crippen LogP contribution in [0.1, 0.15) is 26.3 Å². The molecule has 0 atom stereocenters. The summed E-state index contributed by atoms with van der Waals surface area (Å²) in [6.07, 6.45) is 4.54. The summed E-state index contributed by atoms with van der Waals surface area (Å²) in [6.45, 7) is 6.00. The average Bonchev–Trinajstić information content (AvgIpc) is 2.41. The molecule has 0 aliphatic carbocycles. The van der Waals surface area contributed by atoms with Gasteiger partial charge in [0.05, 0.1) is 11.3 Å². The van der Waals surface area contributed by atoms with E-state index in [1.807, 2.05) is 20.8 Å². The molecule has 120 valence electrons. The first-order valence-electron chi connectivity index (χ1n) is 6.49. The Balaban J connectivity index is 3.03. The summed E-state index contributed by atoms with van der Waals surface area (Å²) in [5.41, 5.74) is 12.3. The van der Waals surface area contributed by atoms with Crippen molar-refractivity contribution in [2.45, 2.75) is 26.3 Å². The summed E-state index contributed by atoms with van der Waals surface area (Å²) >= 11 is 1.21. The third-order valence-electron chi connectivity index (χ3n) is 2.47. The van der Waals surface area contributed by atoms with Gasteiger partial charge in [-0.1, -0.05) is 0 Å². The zero-order valence-corrected chi connectivity index (χ0v) is 13.9. The van der Waals surface area contributed by atoms with Crippen LogP contribution >= 0.6 is 11.8 Å². The highest BCUT2D eigenvalue weighted by atomic mass is 32.2. The van der Waals surface area contributed by atoms with Crippen LogP contribution in [-0.2, 0) is 0 Å². The quantitative estimate of drug-likeness (QED) is 0.356. The Labute approximate surface area is 134 Å². The monoisotopic (exact) mass is 322 g/mol. The van der Waals surface area contributed by atoms with Crippen LogP contribution in [0.15, 0.2) is 11.9 Å². The number of allylic oxidation sites excluding steroid dienone is 1. The minimum absolute atomic E-state index is 0.127. The summed E-state index contributed by atoms with van der Waals surface area (Å²) in [6, 6.07) is 0. The van der Waals surface area contributed by atoms with Gasteiger partial charge in [0.1, 0.15) is 16.7 Å². The van der Waals surface area contributed by atoms with E-state index in [9.17, 15) is 0 Å². The maximum atomic E-state index is 7.79. The van der Waals surface area contributed by atoms with Crippen molar-refractivity contribution in [1.29, 1.82) is 10.8 Å². The van der Waals surface area contributed by atoms with Gasteiger partial charge in [0.2, 0.25) is 5.95 Å². The van der Waals surface area contributed by atoms with Crippen molar-refractivity contribution < 1.29 is 0 Å². The van der Waals surface area contributed by atoms with Gasteiger partial charge >= 0.3 is 0 Å². The van der Waals surface area contributed by atoms with Gasteiger partial charge in [-0.3, -0.25) is 5.41 Å². The summed E-state index contributed by atoms with van der Waals surface area (Å²) in [4.78, 5) is 8.17. The van der Waals surface area contributed by atoms with Gasteiger partial charge in [-0.15, -0.1) is 11.8 Å². The number of nitrogens with two attached hydrogens (primary N) is 2. The molecule has 1 aromatic heterocycles. The number of hydrogen-bond donors (Lipinski definition) is 6. The molecule has 1 heterocycles. The van der Waals surface area contributed by atoms with Gasteiger partial charge in [-0.2, -0.15) is 9.97 Å². The van der Waals surface area contributed by atoms with Gasteiger partial charge in [0.15, 0.2) is 0 Å². The largest absolute Gasteiger partial charge is 0.385 e. The molecule has 1 aromatic rings. The Morgan fingerprint density at radius 1 is 1.23 bits per heavy atom. The molecule has 0 aliphatic heterocycles. The first-order valence-corrected chi connectivity index (χ1v) is 7.71. The Bertz CT molecular complexity index is 580. The predicted molar refractivity (Wildman–Crippen MR) is 94.6 cm³/mol. The number of thioether (sulfide) groups is 1. The Hall–Kier alpha value is -2.29. The molecule has 9 heteroatoms. The Morgan fingerprint density at radius 2 is 1.77 bits per heavy atom. The van der Waals surface area contributed by atoms with Crippen molar-refractivity contribution in [1.82, 2.24) is 15.3 Å². The molecule has 0 radical (unpaired) electrons. The fourth-order valence-corrected chi connectivity index (χ4v) is 1.84. The number of anilines is 3. The number of nitrogens with zero attached hydrogens (tertiary/aromatic N) is 2. The number of hydrogen-bond acceptors (Lipinski definition) is 9. The topological polar surface area (TPSA) is 150 Å². The second-order valence-corrected chi connectivity index (χ2v) is 6.31. The van der Waals surface area contributed by atoms with E-state index in [2.05, 4.69) is 20.6 Å². The van der Waals surface area contributed by atoms with Gasteiger partial charge < -0.3 is 27.5 Å². The summed E-state index contributed by atoms with van der Waals surface area (Å²) < 4.78 is 0.